The van der Waals surface area contributed by atoms with Crippen molar-refractivity contribution in [1.29, 1.82) is 0 Å². The maximum absolute atomic E-state index is 12.9. The minimum Gasteiger partial charge on any atom is -0.354 e. The number of hydrogen-bond acceptors (Lipinski definition) is 5. The summed E-state index contributed by atoms with van der Waals surface area (Å²) in [7, 11) is 2.12. The number of piperazine rings is 1. The molecule has 2 aromatic carbocycles. The predicted octanol–water partition coefficient (Wildman–Crippen LogP) is 2.83. The number of hydrogen-bond donors (Lipinski definition) is 1. The average Bonchev–Trinajstić information content (AvgIpc) is 2.79. The van der Waals surface area contributed by atoms with Gasteiger partial charge in [-0.3, -0.25) is 4.79 Å². The fourth-order valence-corrected chi connectivity index (χ4v) is 3.33. The number of anilines is 1. The SMILES string of the molecule is CN1CCN(c2cc(C(=O)NCc3ccccc3)nc(-c3ccccc3)n2)CC1. The van der Waals surface area contributed by atoms with Crippen LogP contribution >= 0.6 is 0 Å². The topological polar surface area (TPSA) is 61.4 Å². The standard InChI is InChI=1S/C23H25N5O/c1-27-12-14-28(15-13-27)21-16-20(23(29)24-17-18-8-4-2-5-9-18)25-22(26-21)19-10-6-3-7-11-19/h2-11,16H,12-15,17H2,1H3,(H,24,29). The Morgan fingerprint density at radius 1 is 0.931 bits per heavy atom. The van der Waals surface area contributed by atoms with Crippen molar-refractivity contribution in [3.63, 3.8) is 0 Å². The molecule has 1 aliphatic rings. The summed E-state index contributed by atoms with van der Waals surface area (Å²) in [5, 5.41) is 2.98. The molecule has 0 radical (unpaired) electrons. The molecule has 148 valence electrons. The number of benzene rings is 2. The van der Waals surface area contributed by atoms with Crippen molar-refractivity contribution >= 4 is 11.7 Å². The average molecular weight is 387 g/mol. The van der Waals surface area contributed by atoms with Crippen molar-refractivity contribution in [2.45, 2.75) is 6.54 Å². The molecule has 0 saturated carbocycles. The molecule has 0 unspecified atom stereocenters. The number of aromatic nitrogens is 2. The molecule has 0 aliphatic carbocycles. The zero-order chi connectivity index (χ0) is 20.1. The molecule has 1 N–H and O–H groups in total. The van der Waals surface area contributed by atoms with Gasteiger partial charge in [-0.25, -0.2) is 9.97 Å². The fourth-order valence-electron chi connectivity index (χ4n) is 3.33. The summed E-state index contributed by atoms with van der Waals surface area (Å²) >= 11 is 0. The van der Waals surface area contributed by atoms with Gasteiger partial charge in [0.2, 0.25) is 0 Å². The number of amides is 1. The summed E-state index contributed by atoms with van der Waals surface area (Å²) in [6.07, 6.45) is 0. The van der Waals surface area contributed by atoms with Crippen molar-refractivity contribution in [3.8, 4) is 11.4 Å². The zero-order valence-corrected chi connectivity index (χ0v) is 16.6. The van der Waals surface area contributed by atoms with E-state index >= 15 is 0 Å². The third-order valence-electron chi connectivity index (χ3n) is 5.10. The third kappa shape index (κ3) is 4.78. The molecule has 0 atom stereocenters. The first-order valence-electron chi connectivity index (χ1n) is 9.89. The molecule has 1 amide bonds. The highest BCUT2D eigenvalue weighted by Crippen LogP contribution is 2.21. The van der Waals surface area contributed by atoms with E-state index in [-0.39, 0.29) is 5.91 Å². The van der Waals surface area contributed by atoms with Gasteiger partial charge in [-0.15, -0.1) is 0 Å². The highest BCUT2D eigenvalue weighted by atomic mass is 16.1. The summed E-state index contributed by atoms with van der Waals surface area (Å²) in [4.78, 5) is 26.7. The van der Waals surface area contributed by atoms with Crippen LogP contribution in [0.5, 0.6) is 0 Å². The quantitative estimate of drug-likeness (QED) is 0.729. The highest BCUT2D eigenvalue weighted by Gasteiger charge is 2.19. The largest absolute Gasteiger partial charge is 0.354 e. The van der Waals surface area contributed by atoms with Crippen LogP contribution in [-0.4, -0.2) is 54.0 Å². The molecule has 6 nitrogen and oxygen atoms in total. The Morgan fingerprint density at radius 3 is 2.28 bits per heavy atom. The van der Waals surface area contributed by atoms with E-state index in [1.807, 2.05) is 60.7 Å². The summed E-state index contributed by atoms with van der Waals surface area (Å²) in [6, 6.07) is 21.5. The number of nitrogens with zero attached hydrogens (tertiary/aromatic N) is 4. The summed E-state index contributed by atoms with van der Waals surface area (Å²) < 4.78 is 0. The van der Waals surface area contributed by atoms with Gasteiger partial charge in [0, 0.05) is 44.4 Å². The van der Waals surface area contributed by atoms with Gasteiger partial charge in [0.05, 0.1) is 0 Å². The minimum absolute atomic E-state index is 0.191. The van der Waals surface area contributed by atoms with Crippen LogP contribution in [0.4, 0.5) is 5.82 Å². The first-order chi connectivity index (χ1) is 14.2. The van der Waals surface area contributed by atoms with Crippen molar-refractivity contribution in [2.24, 2.45) is 0 Å². The van der Waals surface area contributed by atoms with Crippen molar-refractivity contribution < 1.29 is 4.79 Å². The lowest BCUT2D eigenvalue weighted by atomic mass is 10.2. The Labute approximate surface area is 171 Å². The lowest BCUT2D eigenvalue weighted by molar-refractivity contribution is 0.0946. The maximum atomic E-state index is 12.9. The van der Waals surface area contributed by atoms with Gasteiger partial charge in [0.1, 0.15) is 11.5 Å². The van der Waals surface area contributed by atoms with Crippen LogP contribution in [0.3, 0.4) is 0 Å². The monoisotopic (exact) mass is 387 g/mol. The highest BCUT2D eigenvalue weighted by molar-refractivity contribution is 5.93. The Bertz CT molecular complexity index is 954. The lowest BCUT2D eigenvalue weighted by Gasteiger charge is -2.33. The maximum Gasteiger partial charge on any atom is 0.270 e. The van der Waals surface area contributed by atoms with Crippen molar-refractivity contribution in [1.82, 2.24) is 20.2 Å². The molecule has 2 heterocycles. The number of likely N-dealkylation sites (N-methyl/N-ethyl adjacent to an activating group) is 1. The predicted molar refractivity (Wildman–Crippen MR) is 115 cm³/mol. The molecule has 1 fully saturated rings. The second kappa shape index (κ2) is 8.84. The summed E-state index contributed by atoms with van der Waals surface area (Å²) in [5.41, 5.74) is 2.35. The van der Waals surface area contributed by atoms with Gasteiger partial charge in [0.15, 0.2) is 5.82 Å². The molecule has 29 heavy (non-hydrogen) atoms. The van der Waals surface area contributed by atoms with Crippen LogP contribution in [0.1, 0.15) is 16.1 Å². The number of carbonyl (C=O) groups is 1. The molecule has 0 spiro atoms. The van der Waals surface area contributed by atoms with Crippen LogP contribution in [0, 0.1) is 0 Å². The molecule has 1 aromatic heterocycles. The minimum atomic E-state index is -0.191. The van der Waals surface area contributed by atoms with Crippen LogP contribution < -0.4 is 10.2 Å². The van der Waals surface area contributed by atoms with Crippen molar-refractivity contribution in [3.05, 3.63) is 78.0 Å². The Balaban J connectivity index is 1.61. The second-order valence-electron chi connectivity index (χ2n) is 7.26. The second-order valence-corrected chi connectivity index (χ2v) is 7.26. The first kappa shape index (κ1) is 19.1. The Morgan fingerprint density at radius 2 is 1.59 bits per heavy atom. The molecular weight excluding hydrogens is 362 g/mol. The van der Waals surface area contributed by atoms with Crippen LogP contribution in [-0.2, 0) is 6.54 Å². The van der Waals surface area contributed by atoms with Gasteiger partial charge in [0.25, 0.3) is 5.91 Å². The van der Waals surface area contributed by atoms with Gasteiger partial charge >= 0.3 is 0 Å². The van der Waals surface area contributed by atoms with Crippen molar-refractivity contribution in [2.75, 3.05) is 38.1 Å². The van der Waals surface area contributed by atoms with E-state index in [9.17, 15) is 4.79 Å². The normalized spacial score (nSPS) is 14.6. The molecule has 3 aromatic rings. The molecule has 4 rings (SSSR count). The number of carbonyl (C=O) groups excluding carboxylic acids is 1. The first-order valence-corrected chi connectivity index (χ1v) is 9.89. The molecule has 6 heteroatoms. The number of nitrogens with one attached hydrogen (secondary N) is 1. The zero-order valence-electron chi connectivity index (χ0n) is 16.6. The van der Waals surface area contributed by atoms with Crippen LogP contribution in [0.15, 0.2) is 66.7 Å². The Hall–Kier alpha value is -3.25. The van der Waals surface area contributed by atoms with E-state index in [0.717, 1.165) is 43.1 Å². The van der Waals surface area contributed by atoms with Crippen LogP contribution in [0.2, 0.25) is 0 Å². The van der Waals surface area contributed by atoms with Gasteiger partial charge in [-0.2, -0.15) is 0 Å². The summed E-state index contributed by atoms with van der Waals surface area (Å²) in [6.45, 7) is 4.17. The molecule has 0 bridgehead atoms. The smallest absolute Gasteiger partial charge is 0.270 e. The van der Waals surface area contributed by atoms with E-state index in [4.69, 9.17) is 4.98 Å². The van der Waals surface area contributed by atoms with Gasteiger partial charge in [-0.05, 0) is 12.6 Å². The van der Waals surface area contributed by atoms with E-state index in [2.05, 4.69) is 27.1 Å². The Kier molecular flexibility index (Phi) is 5.81. The fraction of sp³-hybridized carbons (Fsp3) is 0.261. The molecular formula is C23H25N5O. The van der Waals surface area contributed by atoms with Crippen LogP contribution in [0.25, 0.3) is 11.4 Å². The number of rotatable bonds is 5. The van der Waals surface area contributed by atoms with Gasteiger partial charge < -0.3 is 15.1 Å². The van der Waals surface area contributed by atoms with E-state index in [1.165, 1.54) is 0 Å². The lowest BCUT2D eigenvalue weighted by Crippen LogP contribution is -2.45. The molecule has 1 aliphatic heterocycles. The van der Waals surface area contributed by atoms with E-state index in [1.54, 1.807) is 6.07 Å². The summed E-state index contributed by atoms with van der Waals surface area (Å²) in [5.74, 6) is 1.19. The van der Waals surface area contributed by atoms with E-state index < -0.39 is 0 Å². The van der Waals surface area contributed by atoms with E-state index in [0.29, 0.717) is 18.1 Å². The molecule has 1 saturated heterocycles. The van der Waals surface area contributed by atoms with Gasteiger partial charge in [-0.1, -0.05) is 60.7 Å². The third-order valence-corrected chi connectivity index (χ3v) is 5.10.